The first-order chi connectivity index (χ1) is 9.11. The number of fused-ring (bicyclic) bond motifs is 1. The van der Waals surface area contributed by atoms with Gasteiger partial charge >= 0.3 is 0 Å². The Labute approximate surface area is 117 Å². The summed E-state index contributed by atoms with van der Waals surface area (Å²) in [6, 6.07) is 3.19. The fourth-order valence-corrected chi connectivity index (χ4v) is 2.25. The minimum absolute atomic E-state index is 0.0155. The molecule has 0 bridgehead atoms. The Morgan fingerprint density at radius 1 is 1.42 bits per heavy atom. The van der Waals surface area contributed by atoms with Crippen LogP contribution in [0.5, 0.6) is 5.75 Å². The van der Waals surface area contributed by atoms with Crippen molar-refractivity contribution < 1.29 is 14.3 Å². The van der Waals surface area contributed by atoms with Gasteiger partial charge in [0.05, 0.1) is 10.7 Å². The second kappa shape index (κ2) is 6.06. The van der Waals surface area contributed by atoms with E-state index in [0.717, 1.165) is 19.3 Å². The number of amides is 1. The zero-order valence-electron chi connectivity index (χ0n) is 10.8. The molecule has 1 aromatic rings. The number of carbonyl (C=O) groups excluding carboxylic acids is 2. The molecule has 0 saturated heterocycles. The number of nitrogens with one attached hydrogen (secondary N) is 1. The van der Waals surface area contributed by atoms with Crippen molar-refractivity contribution in [3.8, 4) is 5.75 Å². The number of halogens is 1. The molecule has 1 N–H and O–H groups in total. The summed E-state index contributed by atoms with van der Waals surface area (Å²) in [7, 11) is 0. The molecule has 0 spiro atoms. The lowest BCUT2D eigenvalue weighted by atomic mass is 10.0. The number of hydrogen-bond acceptors (Lipinski definition) is 3. The van der Waals surface area contributed by atoms with Crippen molar-refractivity contribution in [2.75, 3.05) is 11.9 Å². The van der Waals surface area contributed by atoms with Gasteiger partial charge in [-0.15, -0.1) is 0 Å². The maximum Gasteiger partial charge on any atom is 0.262 e. The fraction of sp³-hybridized carbons (Fsp3) is 0.429. The third-order valence-corrected chi connectivity index (χ3v) is 3.32. The van der Waals surface area contributed by atoms with Gasteiger partial charge in [-0.05, 0) is 18.6 Å². The number of Topliss-reactive ketones (excluding diaryl/α,β-unsaturated/α-hetero) is 1. The summed E-state index contributed by atoms with van der Waals surface area (Å²) in [5.41, 5.74) is 0.985. The van der Waals surface area contributed by atoms with E-state index in [9.17, 15) is 9.59 Å². The number of ketones is 1. The molecular formula is C14H16ClNO3. The van der Waals surface area contributed by atoms with E-state index in [2.05, 4.69) is 12.2 Å². The van der Waals surface area contributed by atoms with Crippen LogP contribution in [-0.2, 0) is 4.79 Å². The Kier molecular flexibility index (Phi) is 4.43. The van der Waals surface area contributed by atoms with E-state index in [1.807, 2.05) is 0 Å². The average Bonchev–Trinajstić information content (AvgIpc) is 2.38. The molecule has 1 aromatic carbocycles. The summed E-state index contributed by atoms with van der Waals surface area (Å²) in [6.07, 6.45) is 3.44. The fourth-order valence-electron chi connectivity index (χ4n) is 1.98. The Morgan fingerprint density at radius 3 is 2.95 bits per heavy atom. The predicted molar refractivity (Wildman–Crippen MR) is 74.0 cm³/mol. The van der Waals surface area contributed by atoms with Gasteiger partial charge in [0.1, 0.15) is 5.75 Å². The van der Waals surface area contributed by atoms with Gasteiger partial charge in [-0.1, -0.05) is 31.4 Å². The molecule has 0 radical (unpaired) electrons. The highest BCUT2D eigenvalue weighted by Gasteiger charge is 2.20. The molecule has 0 atom stereocenters. The van der Waals surface area contributed by atoms with Gasteiger partial charge in [0.2, 0.25) is 0 Å². The summed E-state index contributed by atoms with van der Waals surface area (Å²) >= 11 is 6.09. The number of rotatable bonds is 5. The van der Waals surface area contributed by atoms with Gasteiger partial charge in [0.25, 0.3) is 5.91 Å². The molecule has 4 nitrogen and oxygen atoms in total. The van der Waals surface area contributed by atoms with E-state index in [4.69, 9.17) is 16.3 Å². The molecule has 0 aromatic heterocycles. The summed E-state index contributed by atoms with van der Waals surface area (Å²) in [4.78, 5) is 23.2. The minimum Gasteiger partial charge on any atom is -0.482 e. The smallest absolute Gasteiger partial charge is 0.262 e. The Bertz CT molecular complexity index is 514. The molecule has 0 saturated carbocycles. The normalized spacial score (nSPS) is 13.5. The van der Waals surface area contributed by atoms with Crippen molar-refractivity contribution in [2.24, 2.45) is 0 Å². The average molecular weight is 282 g/mol. The summed E-state index contributed by atoms with van der Waals surface area (Å²) in [5, 5.41) is 3.01. The molecular weight excluding hydrogens is 266 g/mol. The third kappa shape index (κ3) is 3.26. The maximum atomic E-state index is 12.1. The van der Waals surface area contributed by atoms with E-state index in [1.54, 1.807) is 12.1 Å². The van der Waals surface area contributed by atoms with Crippen LogP contribution in [0.2, 0.25) is 5.02 Å². The highest BCUT2D eigenvalue weighted by Crippen LogP contribution is 2.34. The molecule has 0 aliphatic carbocycles. The van der Waals surface area contributed by atoms with Crippen molar-refractivity contribution in [1.29, 1.82) is 0 Å². The molecule has 2 rings (SSSR count). The number of anilines is 1. The third-order valence-electron chi connectivity index (χ3n) is 3.01. The van der Waals surface area contributed by atoms with Crippen LogP contribution in [0.15, 0.2) is 12.1 Å². The van der Waals surface area contributed by atoms with Crippen LogP contribution >= 0.6 is 11.6 Å². The van der Waals surface area contributed by atoms with E-state index in [0.29, 0.717) is 28.4 Å². The molecule has 1 aliphatic heterocycles. The monoisotopic (exact) mass is 281 g/mol. The Morgan fingerprint density at radius 2 is 2.21 bits per heavy atom. The maximum absolute atomic E-state index is 12.1. The minimum atomic E-state index is -0.217. The molecule has 0 unspecified atom stereocenters. The van der Waals surface area contributed by atoms with Gasteiger partial charge < -0.3 is 10.1 Å². The lowest BCUT2D eigenvalue weighted by Crippen LogP contribution is -2.25. The van der Waals surface area contributed by atoms with Crippen LogP contribution in [0.1, 0.15) is 43.0 Å². The zero-order chi connectivity index (χ0) is 13.8. The molecule has 102 valence electrons. The van der Waals surface area contributed by atoms with Crippen molar-refractivity contribution in [3.05, 3.63) is 22.7 Å². The Balaban J connectivity index is 2.18. The van der Waals surface area contributed by atoms with Crippen LogP contribution in [0.25, 0.3) is 0 Å². The second-order valence-electron chi connectivity index (χ2n) is 4.55. The summed E-state index contributed by atoms with van der Waals surface area (Å²) < 4.78 is 5.28. The summed E-state index contributed by atoms with van der Waals surface area (Å²) in [5.74, 6) is 0.301. The van der Waals surface area contributed by atoms with Gasteiger partial charge in [-0.25, -0.2) is 0 Å². The van der Waals surface area contributed by atoms with Crippen LogP contribution < -0.4 is 10.1 Å². The second-order valence-corrected chi connectivity index (χ2v) is 4.95. The largest absolute Gasteiger partial charge is 0.482 e. The summed E-state index contributed by atoms with van der Waals surface area (Å²) in [6.45, 7) is 2.06. The molecule has 1 heterocycles. The number of unbranched alkanes of at least 4 members (excludes halogenated alkanes) is 2. The predicted octanol–water partition coefficient (Wildman–Crippen LogP) is 3.43. The lowest BCUT2D eigenvalue weighted by Gasteiger charge is -2.19. The van der Waals surface area contributed by atoms with Crippen LogP contribution in [-0.4, -0.2) is 18.3 Å². The van der Waals surface area contributed by atoms with Gasteiger partial charge in [-0.2, -0.15) is 0 Å². The van der Waals surface area contributed by atoms with E-state index in [-0.39, 0.29) is 18.3 Å². The van der Waals surface area contributed by atoms with Crippen molar-refractivity contribution >= 4 is 29.0 Å². The number of carbonyl (C=O) groups is 2. The lowest BCUT2D eigenvalue weighted by molar-refractivity contribution is -0.118. The van der Waals surface area contributed by atoms with Crippen molar-refractivity contribution in [2.45, 2.75) is 32.6 Å². The topological polar surface area (TPSA) is 55.4 Å². The highest BCUT2D eigenvalue weighted by molar-refractivity contribution is 6.34. The van der Waals surface area contributed by atoms with E-state index in [1.165, 1.54) is 0 Å². The van der Waals surface area contributed by atoms with Crippen molar-refractivity contribution in [3.63, 3.8) is 0 Å². The molecule has 1 amide bonds. The standard InChI is InChI=1S/C14H16ClNO3/c1-2-3-4-5-12(17)9-6-13-11(7-10(9)15)16-14(18)8-19-13/h6-7H,2-5,8H2,1H3,(H,16,18). The number of hydrogen-bond donors (Lipinski definition) is 1. The Hall–Kier alpha value is -1.55. The number of benzene rings is 1. The quantitative estimate of drug-likeness (QED) is 0.664. The highest BCUT2D eigenvalue weighted by atomic mass is 35.5. The van der Waals surface area contributed by atoms with E-state index >= 15 is 0 Å². The van der Waals surface area contributed by atoms with Gasteiger partial charge in [0, 0.05) is 12.0 Å². The van der Waals surface area contributed by atoms with Crippen LogP contribution in [0, 0.1) is 0 Å². The van der Waals surface area contributed by atoms with Gasteiger partial charge in [-0.3, -0.25) is 9.59 Å². The number of ether oxygens (including phenoxy) is 1. The SMILES string of the molecule is CCCCCC(=O)c1cc2c(cc1Cl)NC(=O)CO2. The van der Waals surface area contributed by atoms with E-state index < -0.39 is 0 Å². The first-order valence-corrected chi connectivity index (χ1v) is 6.79. The van der Waals surface area contributed by atoms with Gasteiger partial charge in [0.15, 0.2) is 12.4 Å². The van der Waals surface area contributed by atoms with Crippen LogP contribution in [0.3, 0.4) is 0 Å². The first-order valence-electron chi connectivity index (χ1n) is 6.41. The first kappa shape index (κ1) is 13.9. The zero-order valence-corrected chi connectivity index (χ0v) is 11.5. The molecule has 19 heavy (non-hydrogen) atoms. The molecule has 1 aliphatic rings. The molecule has 0 fully saturated rings. The van der Waals surface area contributed by atoms with Crippen molar-refractivity contribution in [1.82, 2.24) is 0 Å². The molecule has 5 heteroatoms. The van der Waals surface area contributed by atoms with Crippen LogP contribution in [0.4, 0.5) is 5.69 Å².